The van der Waals surface area contributed by atoms with Crippen LogP contribution in [0.1, 0.15) is 26.3 Å². The van der Waals surface area contributed by atoms with Crippen LogP contribution in [0.4, 0.5) is 10.5 Å². The minimum Gasteiger partial charge on any atom is -0.465 e. The van der Waals surface area contributed by atoms with Crippen molar-refractivity contribution in [2.45, 2.75) is 26.3 Å². The molecule has 1 rings (SSSR count). The molecule has 0 aliphatic heterocycles. The Labute approximate surface area is 119 Å². The van der Waals surface area contributed by atoms with Crippen molar-refractivity contribution >= 4 is 39.3 Å². The number of nitriles is 1. The van der Waals surface area contributed by atoms with Crippen LogP contribution in [0.5, 0.6) is 0 Å². The Kier molecular flexibility index (Phi) is 4.25. The van der Waals surface area contributed by atoms with E-state index in [-0.39, 0.29) is 5.02 Å². The van der Waals surface area contributed by atoms with Gasteiger partial charge in [-0.05, 0) is 48.8 Å². The smallest absolute Gasteiger partial charge is 0.412 e. The van der Waals surface area contributed by atoms with Gasteiger partial charge in [-0.3, -0.25) is 4.90 Å². The van der Waals surface area contributed by atoms with E-state index in [1.165, 1.54) is 6.07 Å². The summed E-state index contributed by atoms with van der Waals surface area (Å²) in [4.78, 5) is 12.5. The van der Waals surface area contributed by atoms with E-state index in [2.05, 4.69) is 15.9 Å². The minimum absolute atomic E-state index is 0.270. The lowest BCUT2D eigenvalue weighted by Crippen LogP contribution is -2.45. The Balaban J connectivity index is 3.52. The first-order valence-corrected chi connectivity index (χ1v) is 6.28. The second-order valence-electron chi connectivity index (χ2n) is 4.69. The second kappa shape index (κ2) is 5.17. The van der Waals surface area contributed by atoms with Crippen molar-refractivity contribution in [2.75, 3.05) is 4.90 Å². The molecule has 96 valence electrons. The number of halogens is 2. The SMILES string of the molecule is CC(C)(C)N(C(=O)O)c1cc(C#N)cc(Br)c1Cl. The second-order valence-corrected chi connectivity index (χ2v) is 5.92. The van der Waals surface area contributed by atoms with Crippen LogP contribution in [0, 0.1) is 11.3 Å². The molecule has 1 aromatic carbocycles. The summed E-state index contributed by atoms with van der Waals surface area (Å²) in [6, 6.07) is 4.99. The lowest BCUT2D eigenvalue weighted by molar-refractivity contribution is 0.195. The summed E-state index contributed by atoms with van der Waals surface area (Å²) < 4.78 is 0.494. The van der Waals surface area contributed by atoms with E-state index in [1.807, 2.05) is 6.07 Å². The standard InChI is InChI=1S/C12H12BrClN2O2/c1-12(2,3)16(11(17)18)9-5-7(6-15)4-8(13)10(9)14/h4-5H,1-3H3,(H,17,18). The molecule has 0 fully saturated rings. The van der Waals surface area contributed by atoms with E-state index >= 15 is 0 Å². The van der Waals surface area contributed by atoms with Crippen molar-refractivity contribution < 1.29 is 9.90 Å². The van der Waals surface area contributed by atoms with Gasteiger partial charge in [0.25, 0.3) is 0 Å². The molecular weight excluding hydrogens is 320 g/mol. The molecule has 0 saturated carbocycles. The highest BCUT2D eigenvalue weighted by atomic mass is 79.9. The van der Waals surface area contributed by atoms with Gasteiger partial charge in [-0.25, -0.2) is 4.79 Å². The first kappa shape index (κ1) is 14.8. The van der Waals surface area contributed by atoms with Gasteiger partial charge in [-0.2, -0.15) is 5.26 Å². The number of benzene rings is 1. The van der Waals surface area contributed by atoms with Gasteiger partial charge < -0.3 is 5.11 Å². The maximum atomic E-state index is 11.4. The number of hydrogen-bond donors (Lipinski definition) is 1. The van der Waals surface area contributed by atoms with Gasteiger partial charge in [0.1, 0.15) is 0 Å². The number of nitrogens with zero attached hydrogens (tertiary/aromatic N) is 2. The molecule has 0 bridgehead atoms. The van der Waals surface area contributed by atoms with Crippen LogP contribution in [-0.2, 0) is 0 Å². The fourth-order valence-electron chi connectivity index (χ4n) is 1.55. The highest BCUT2D eigenvalue weighted by molar-refractivity contribution is 9.10. The van der Waals surface area contributed by atoms with Crippen molar-refractivity contribution in [3.8, 4) is 6.07 Å². The molecule has 0 unspecified atom stereocenters. The van der Waals surface area contributed by atoms with Crippen LogP contribution >= 0.6 is 27.5 Å². The van der Waals surface area contributed by atoms with Crippen molar-refractivity contribution in [2.24, 2.45) is 0 Å². The average molecular weight is 332 g/mol. The zero-order valence-electron chi connectivity index (χ0n) is 10.2. The first-order chi connectivity index (χ1) is 8.18. The first-order valence-electron chi connectivity index (χ1n) is 5.10. The van der Waals surface area contributed by atoms with E-state index in [0.29, 0.717) is 15.7 Å². The summed E-state index contributed by atoms with van der Waals surface area (Å²) in [5.41, 5.74) is -0.0254. The van der Waals surface area contributed by atoms with Crippen LogP contribution in [0.15, 0.2) is 16.6 Å². The molecule has 0 atom stereocenters. The molecule has 0 aliphatic carbocycles. The monoisotopic (exact) mass is 330 g/mol. The Bertz CT molecular complexity index is 532. The maximum absolute atomic E-state index is 11.4. The lowest BCUT2D eigenvalue weighted by atomic mass is 10.0. The third-order valence-corrected chi connectivity index (χ3v) is 3.49. The molecular formula is C12H12BrClN2O2. The molecule has 4 nitrogen and oxygen atoms in total. The number of anilines is 1. The van der Waals surface area contributed by atoms with E-state index in [4.69, 9.17) is 16.9 Å². The number of rotatable bonds is 1. The van der Waals surface area contributed by atoms with Gasteiger partial charge in [0.05, 0.1) is 22.3 Å². The molecule has 1 amide bonds. The zero-order chi connectivity index (χ0) is 14.1. The van der Waals surface area contributed by atoms with Crippen LogP contribution in [-0.4, -0.2) is 16.7 Å². The predicted molar refractivity (Wildman–Crippen MR) is 74.1 cm³/mol. The summed E-state index contributed by atoms with van der Waals surface area (Å²) in [6.07, 6.45) is -1.12. The molecule has 0 saturated heterocycles. The Morgan fingerprint density at radius 3 is 2.44 bits per heavy atom. The van der Waals surface area contributed by atoms with Gasteiger partial charge in [-0.1, -0.05) is 11.6 Å². The number of amides is 1. The molecule has 0 heterocycles. The quantitative estimate of drug-likeness (QED) is 0.836. The molecule has 18 heavy (non-hydrogen) atoms. The predicted octanol–water partition coefficient (Wildman–Crippen LogP) is 4.26. The topological polar surface area (TPSA) is 64.3 Å². The lowest BCUT2D eigenvalue weighted by Gasteiger charge is -2.34. The van der Waals surface area contributed by atoms with Crippen LogP contribution in [0.25, 0.3) is 0 Å². The van der Waals surface area contributed by atoms with Gasteiger partial charge in [0.2, 0.25) is 0 Å². The van der Waals surface area contributed by atoms with Crippen molar-refractivity contribution in [3.63, 3.8) is 0 Å². The number of hydrogen-bond acceptors (Lipinski definition) is 2. The zero-order valence-corrected chi connectivity index (χ0v) is 12.5. The van der Waals surface area contributed by atoms with E-state index in [9.17, 15) is 9.90 Å². The third-order valence-electron chi connectivity index (χ3n) is 2.24. The molecule has 0 aromatic heterocycles. The highest BCUT2D eigenvalue weighted by Crippen LogP contribution is 2.37. The molecule has 6 heteroatoms. The van der Waals surface area contributed by atoms with Crippen LogP contribution in [0.3, 0.4) is 0 Å². The number of carbonyl (C=O) groups is 1. The van der Waals surface area contributed by atoms with Crippen molar-refractivity contribution in [1.82, 2.24) is 0 Å². The van der Waals surface area contributed by atoms with E-state index in [0.717, 1.165) is 4.90 Å². The summed E-state index contributed by atoms with van der Waals surface area (Å²) in [7, 11) is 0. The summed E-state index contributed by atoms with van der Waals surface area (Å²) in [5, 5.41) is 18.5. The Morgan fingerprint density at radius 1 is 1.50 bits per heavy atom. The Hall–Kier alpha value is -1.25. The Morgan fingerprint density at radius 2 is 2.06 bits per heavy atom. The molecule has 1 N–H and O–H groups in total. The van der Waals surface area contributed by atoms with Crippen LogP contribution < -0.4 is 4.90 Å². The van der Waals surface area contributed by atoms with Gasteiger partial charge >= 0.3 is 6.09 Å². The highest BCUT2D eigenvalue weighted by Gasteiger charge is 2.30. The normalized spacial score (nSPS) is 10.9. The van der Waals surface area contributed by atoms with Crippen molar-refractivity contribution in [1.29, 1.82) is 5.26 Å². The molecule has 0 aliphatic rings. The van der Waals surface area contributed by atoms with Crippen LogP contribution in [0.2, 0.25) is 5.02 Å². The third kappa shape index (κ3) is 2.95. The average Bonchev–Trinajstić information content (AvgIpc) is 2.21. The largest absolute Gasteiger partial charge is 0.465 e. The minimum atomic E-state index is -1.12. The molecule has 1 aromatic rings. The van der Waals surface area contributed by atoms with Gasteiger partial charge in [0, 0.05) is 10.0 Å². The summed E-state index contributed by atoms with van der Waals surface area (Å²) in [5.74, 6) is 0. The fourth-order valence-corrected chi connectivity index (χ4v) is 2.20. The maximum Gasteiger partial charge on any atom is 0.412 e. The molecule has 0 spiro atoms. The summed E-state index contributed by atoms with van der Waals surface area (Å²) >= 11 is 9.32. The summed E-state index contributed by atoms with van der Waals surface area (Å²) in [6.45, 7) is 5.26. The molecule has 0 radical (unpaired) electrons. The van der Waals surface area contributed by atoms with Gasteiger partial charge in [0.15, 0.2) is 0 Å². The van der Waals surface area contributed by atoms with E-state index < -0.39 is 11.6 Å². The van der Waals surface area contributed by atoms with E-state index in [1.54, 1.807) is 26.8 Å². The van der Waals surface area contributed by atoms with Crippen molar-refractivity contribution in [3.05, 3.63) is 27.2 Å². The number of carboxylic acid groups (broad SMARTS) is 1. The fraction of sp³-hybridized carbons (Fsp3) is 0.333. The van der Waals surface area contributed by atoms with Gasteiger partial charge in [-0.15, -0.1) is 0 Å².